The topological polar surface area (TPSA) is 26.0 Å². The fraction of sp³-hybridized carbons (Fsp3) is 0.571. The molecule has 1 atom stereocenters. The SMILES string of the molecule is CCC(CC)C(N)CSc1cccc(C)c1. The Morgan fingerprint density at radius 2 is 1.94 bits per heavy atom. The van der Waals surface area contributed by atoms with E-state index >= 15 is 0 Å². The van der Waals surface area contributed by atoms with Gasteiger partial charge in [-0.05, 0) is 25.0 Å². The van der Waals surface area contributed by atoms with Crippen molar-refractivity contribution in [1.29, 1.82) is 0 Å². The number of nitrogens with two attached hydrogens (primary N) is 1. The molecule has 1 unspecified atom stereocenters. The molecule has 0 heterocycles. The third-order valence-corrected chi connectivity index (χ3v) is 4.23. The first-order valence-corrected chi connectivity index (χ1v) is 7.11. The fourth-order valence-electron chi connectivity index (χ4n) is 1.93. The van der Waals surface area contributed by atoms with Crippen LogP contribution < -0.4 is 5.73 Å². The van der Waals surface area contributed by atoms with E-state index < -0.39 is 0 Å². The Bertz CT molecular complexity index is 307. The maximum absolute atomic E-state index is 6.20. The summed E-state index contributed by atoms with van der Waals surface area (Å²) < 4.78 is 0. The number of rotatable bonds is 6. The minimum absolute atomic E-state index is 0.320. The summed E-state index contributed by atoms with van der Waals surface area (Å²) in [5.74, 6) is 1.69. The fourth-order valence-corrected chi connectivity index (χ4v) is 3.03. The standard InChI is InChI=1S/C14H23NS/c1-4-12(5-2)14(15)10-16-13-8-6-7-11(3)9-13/h6-9,12,14H,4-5,10,15H2,1-3H3. The molecule has 0 fully saturated rings. The highest BCUT2D eigenvalue weighted by molar-refractivity contribution is 7.99. The molecule has 0 saturated carbocycles. The van der Waals surface area contributed by atoms with Crippen LogP contribution in [0.25, 0.3) is 0 Å². The van der Waals surface area contributed by atoms with Crippen molar-refractivity contribution in [3.8, 4) is 0 Å². The van der Waals surface area contributed by atoms with Gasteiger partial charge in [-0.25, -0.2) is 0 Å². The zero-order valence-electron chi connectivity index (χ0n) is 10.6. The highest BCUT2D eigenvalue weighted by atomic mass is 32.2. The van der Waals surface area contributed by atoms with E-state index in [-0.39, 0.29) is 0 Å². The van der Waals surface area contributed by atoms with Gasteiger partial charge in [0.15, 0.2) is 0 Å². The van der Waals surface area contributed by atoms with Crippen molar-refractivity contribution in [2.24, 2.45) is 11.7 Å². The minimum Gasteiger partial charge on any atom is -0.327 e. The van der Waals surface area contributed by atoms with Gasteiger partial charge in [0.1, 0.15) is 0 Å². The molecule has 0 amide bonds. The summed E-state index contributed by atoms with van der Waals surface area (Å²) >= 11 is 1.88. The van der Waals surface area contributed by atoms with E-state index in [9.17, 15) is 0 Å². The van der Waals surface area contributed by atoms with Crippen LogP contribution in [-0.2, 0) is 0 Å². The lowest BCUT2D eigenvalue weighted by Gasteiger charge is -2.20. The normalized spacial score (nSPS) is 13.1. The van der Waals surface area contributed by atoms with Gasteiger partial charge in [-0.2, -0.15) is 0 Å². The van der Waals surface area contributed by atoms with Gasteiger partial charge in [0, 0.05) is 16.7 Å². The summed E-state index contributed by atoms with van der Waals surface area (Å²) in [6.45, 7) is 6.58. The smallest absolute Gasteiger partial charge is 0.0162 e. The molecule has 90 valence electrons. The molecule has 1 rings (SSSR count). The van der Waals surface area contributed by atoms with Crippen LogP contribution in [0.15, 0.2) is 29.2 Å². The van der Waals surface area contributed by atoms with Gasteiger partial charge in [-0.15, -0.1) is 11.8 Å². The summed E-state index contributed by atoms with van der Waals surface area (Å²) in [6.07, 6.45) is 2.37. The molecule has 0 aromatic heterocycles. The zero-order chi connectivity index (χ0) is 12.0. The van der Waals surface area contributed by atoms with Crippen molar-refractivity contribution < 1.29 is 0 Å². The number of thioether (sulfide) groups is 1. The van der Waals surface area contributed by atoms with Gasteiger partial charge in [-0.3, -0.25) is 0 Å². The van der Waals surface area contributed by atoms with Gasteiger partial charge in [0.25, 0.3) is 0 Å². The van der Waals surface area contributed by atoms with E-state index in [4.69, 9.17) is 5.73 Å². The van der Waals surface area contributed by atoms with Crippen molar-refractivity contribution in [2.45, 2.75) is 44.6 Å². The van der Waals surface area contributed by atoms with Crippen LogP contribution in [0.3, 0.4) is 0 Å². The van der Waals surface area contributed by atoms with Crippen molar-refractivity contribution >= 4 is 11.8 Å². The molecule has 0 aliphatic heterocycles. The summed E-state index contributed by atoms with van der Waals surface area (Å²) in [7, 11) is 0. The second-order valence-corrected chi connectivity index (χ2v) is 5.46. The van der Waals surface area contributed by atoms with Gasteiger partial charge in [0.05, 0.1) is 0 Å². The Morgan fingerprint density at radius 3 is 2.50 bits per heavy atom. The summed E-state index contributed by atoms with van der Waals surface area (Å²) in [4.78, 5) is 1.33. The third-order valence-electron chi connectivity index (χ3n) is 3.09. The molecule has 1 aromatic rings. The minimum atomic E-state index is 0.320. The van der Waals surface area contributed by atoms with E-state index in [1.807, 2.05) is 11.8 Å². The van der Waals surface area contributed by atoms with E-state index in [1.54, 1.807) is 0 Å². The molecule has 1 aromatic carbocycles. The van der Waals surface area contributed by atoms with Crippen molar-refractivity contribution in [3.63, 3.8) is 0 Å². The van der Waals surface area contributed by atoms with Crippen molar-refractivity contribution in [1.82, 2.24) is 0 Å². The van der Waals surface area contributed by atoms with Crippen LogP contribution in [0.5, 0.6) is 0 Å². The van der Waals surface area contributed by atoms with E-state index in [0.717, 1.165) is 5.75 Å². The quantitative estimate of drug-likeness (QED) is 0.761. The maximum Gasteiger partial charge on any atom is 0.0162 e. The van der Waals surface area contributed by atoms with Crippen molar-refractivity contribution in [3.05, 3.63) is 29.8 Å². The Labute approximate surface area is 104 Å². The number of hydrogen-bond acceptors (Lipinski definition) is 2. The largest absolute Gasteiger partial charge is 0.327 e. The van der Waals surface area contributed by atoms with Gasteiger partial charge in [0.2, 0.25) is 0 Å². The number of hydrogen-bond donors (Lipinski definition) is 1. The molecule has 2 heteroatoms. The third kappa shape index (κ3) is 4.18. The molecule has 0 aliphatic carbocycles. The van der Waals surface area contributed by atoms with Gasteiger partial charge < -0.3 is 5.73 Å². The Morgan fingerprint density at radius 1 is 1.25 bits per heavy atom. The van der Waals surface area contributed by atoms with Crippen LogP contribution in [0.4, 0.5) is 0 Å². The highest BCUT2D eigenvalue weighted by Gasteiger charge is 2.13. The number of benzene rings is 1. The molecule has 0 spiro atoms. The molecule has 16 heavy (non-hydrogen) atoms. The lowest BCUT2D eigenvalue weighted by Crippen LogP contribution is -2.31. The summed E-state index contributed by atoms with van der Waals surface area (Å²) in [6, 6.07) is 8.95. The Kier molecular flexibility index (Phi) is 5.93. The molecule has 0 aliphatic rings. The van der Waals surface area contributed by atoms with E-state index in [2.05, 4.69) is 45.0 Å². The Balaban J connectivity index is 2.45. The second-order valence-electron chi connectivity index (χ2n) is 4.37. The summed E-state index contributed by atoms with van der Waals surface area (Å²) in [5.41, 5.74) is 7.52. The molecule has 0 saturated heterocycles. The van der Waals surface area contributed by atoms with Gasteiger partial charge in [-0.1, -0.05) is 44.4 Å². The van der Waals surface area contributed by atoms with E-state index in [0.29, 0.717) is 12.0 Å². The lowest BCUT2D eigenvalue weighted by atomic mass is 9.96. The van der Waals surface area contributed by atoms with Crippen LogP contribution in [0.1, 0.15) is 32.3 Å². The van der Waals surface area contributed by atoms with Crippen LogP contribution in [-0.4, -0.2) is 11.8 Å². The lowest BCUT2D eigenvalue weighted by molar-refractivity contribution is 0.422. The predicted molar refractivity (Wildman–Crippen MR) is 74.0 cm³/mol. The molecular weight excluding hydrogens is 214 g/mol. The van der Waals surface area contributed by atoms with Crippen LogP contribution in [0.2, 0.25) is 0 Å². The predicted octanol–water partition coefficient (Wildman–Crippen LogP) is 3.85. The van der Waals surface area contributed by atoms with Crippen LogP contribution >= 0.6 is 11.8 Å². The maximum atomic E-state index is 6.20. The monoisotopic (exact) mass is 237 g/mol. The zero-order valence-corrected chi connectivity index (χ0v) is 11.4. The average Bonchev–Trinajstić information content (AvgIpc) is 2.28. The van der Waals surface area contributed by atoms with Gasteiger partial charge >= 0.3 is 0 Å². The van der Waals surface area contributed by atoms with Crippen molar-refractivity contribution in [2.75, 3.05) is 5.75 Å². The highest BCUT2D eigenvalue weighted by Crippen LogP contribution is 2.22. The first kappa shape index (κ1) is 13.6. The Hall–Kier alpha value is -0.470. The van der Waals surface area contributed by atoms with Crippen LogP contribution in [0, 0.1) is 12.8 Å². The molecule has 1 nitrogen and oxygen atoms in total. The molecule has 0 bridgehead atoms. The number of aryl methyl sites for hydroxylation is 1. The molecule has 2 N–H and O–H groups in total. The molecular formula is C14H23NS. The molecule has 0 radical (unpaired) electrons. The average molecular weight is 237 g/mol. The second kappa shape index (κ2) is 6.97. The van der Waals surface area contributed by atoms with E-state index in [1.165, 1.54) is 23.3 Å². The first-order chi connectivity index (χ1) is 7.67. The first-order valence-electron chi connectivity index (χ1n) is 6.12. The summed E-state index contributed by atoms with van der Waals surface area (Å²) in [5, 5.41) is 0.